The van der Waals surface area contributed by atoms with Gasteiger partial charge in [0.2, 0.25) is 0 Å². The number of imidazole rings is 1. The maximum Gasteiger partial charge on any atom is 0.161 e. The Labute approximate surface area is 202 Å². The minimum Gasteiger partial charge on any atom is -0.497 e. The lowest BCUT2D eigenvalue weighted by atomic mass is 10.1. The zero-order valence-corrected chi connectivity index (χ0v) is 20.7. The van der Waals surface area contributed by atoms with Crippen LogP contribution in [0.2, 0.25) is 0 Å². The van der Waals surface area contributed by atoms with Gasteiger partial charge in [-0.05, 0) is 57.2 Å². The summed E-state index contributed by atoms with van der Waals surface area (Å²) in [6.45, 7) is 6.14. The first kappa shape index (κ1) is 22.0. The molecular weight excluding hydrogens is 444 g/mol. The van der Waals surface area contributed by atoms with Crippen molar-refractivity contribution in [2.24, 2.45) is 0 Å². The van der Waals surface area contributed by atoms with Crippen molar-refractivity contribution in [2.75, 3.05) is 19.5 Å². The zero-order chi connectivity index (χ0) is 23.8. The molecule has 5 rings (SSSR count). The molecule has 0 aliphatic rings. The summed E-state index contributed by atoms with van der Waals surface area (Å²) in [6.07, 6.45) is 2.03. The third-order valence-electron chi connectivity index (χ3n) is 5.86. The molecule has 0 atom stereocenters. The molecule has 0 amide bonds. The predicted molar refractivity (Wildman–Crippen MR) is 139 cm³/mol. The Balaban J connectivity index is 1.53. The van der Waals surface area contributed by atoms with Gasteiger partial charge >= 0.3 is 0 Å². The molecule has 7 heteroatoms. The molecule has 34 heavy (non-hydrogen) atoms. The minimum atomic E-state index is 0.806. The van der Waals surface area contributed by atoms with Crippen molar-refractivity contribution in [1.29, 1.82) is 0 Å². The Morgan fingerprint density at radius 3 is 2.50 bits per heavy atom. The highest BCUT2D eigenvalue weighted by molar-refractivity contribution is 7.15. The largest absolute Gasteiger partial charge is 0.497 e. The Kier molecular flexibility index (Phi) is 5.71. The molecule has 1 N–H and O–H groups in total. The van der Waals surface area contributed by atoms with Crippen LogP contribution in [0.1, 0.15) is 16.4 Å². The molecular formula is C27H26N4O2S. The summed E-state index contributed by atoms with van der Waals surface area (Å²) in [5, 5.41) is 4.58. The molecule has 0 radical (unpaired) electrons. The fourth-order valence-electron chi connectivity index (χ4n) is 4.22. The molecule has 0 aliphatic heterocycles. The van der Waals surface area contributed by atoms with Crippen LogP contribution in [0.15, 0.2) is 60.8 Å². The fourth-order valence-corrected chi connectivity index (χ4v) is 5.17. The van der Waals surface area contributed by atoms with Gasteiger partial charge in [-0.1, -0.05) is 12.1 Å². The average molecular weight is 471 g/mol. The van der Waals surface area contributed by atoms with Crippen molar-refractivity contribution < 1.29 is 9.47 Å². The molecule has 3 aromatic heterocycles. The fraction of sp³-hybridized carbons (Fsp3) is 0.185. The van der Waals surface area contributed by atoms with E-state index < -0.39 is 0 Å². The second-order valence-electron chi connectivity index (χ2n) is 8.08. The van der Waals surface area contributed by atoms with Crippen LogP contribution < -0.4 is 14.8 Å². The van der Waals surface area contributed by atoms with Crippen molar-refractivity contribution in [3.8, 4) is 33.2 Å². The van der Waals surface area contributed by atoms with Gasteiger partial charge in [0, 0.05) is 34.8 Å². The van der Waals surface area contributed by atoms with Crippen LogP contribution in [0.25, 0.3) is 27.3 Å². The number of hydrogen-bond acceptors (Lipinski definition) is 6. The van der Waals surface area contributed by atoms with Crippen LogP contribution >= 0.6 is 11.3 Å². The number of thiazole rings is 1. The van der Waals surface area contributed by atoms with Gasteiger partial charge in [-0.3, -0.25) is 0 Å². The lowest BCUT2D eigenvalue weighted by Crippen LogP contribution is -1.97. The van der Waals surface area contributed by atoms with Crippen molar-refractivity contribution in [1.82, 2.24) is 14.4 Å². The van der Waals surface area contributed by atoms with Gasteiger partial charge < -0.3 is 19.2 Å². The molecule has 6 nitrogen and oxygen atoms in total. The van der Waals surface area contributed by atoms with Crippen LogP contribution in [0, 0.1) is 20.8 Å². The predicted octanol–water partition coefficient (Wildman–Crippen LogP) is 6.81. The van der Waals surface area contributed by atoms with Crippen molar-refractivity contribution in [2.45, 2.75) is 20.8 Å². The number of nitrogens with zero attached hydrogens (tertiary/aromatic N) is 3. The second-order valence-corrected chi connectivity index (χ2v) is 9.28. The average Bonchev–Trinajstić information content (AvgIpc) is 3.37. The number of fused-ring (bicyclic) bond motifs is 1. The topological polar surface area (TPSA) is 60.7 Å². The Morgan fingerprint density at radius 1 is 0.912 bits per heavy atom. The monoisotopic (exact) mass is 470 g/mol. The summed E-state index contributed by atoms with van der Waals surface area (Å²) in [4.78, 5) is 10.7. The standard InChI is InChI=1S/C27H26N4O2S/c1-16-26(34-18(3)28-16)22-12-11-20(15-24(22)33-5)29-23-10-7-13-31-17(2)25(30-27(23)31)19-8-6-9-21(14-19)32-4/h6-15,29H,1-5H3. The van der Waals surface area contributed by atoms with Crippen molar-refractivity contribution in [3.05, 3.63) is 77.2 Å². The lowest BCUT2D eigenvalue weighted by molar-refractivity contribution is 0.415. The van der Waals surface area contributed by atoms with Gasteiger partial charge in [0.25, 0.3) is 0 Å². The van der Waals surface area contributed by atoms with E-state index in [9.17, 15) is 0 Å². The molecule has 172 valence electrons. The number of methoxy groups -OCH3 is 2. The third kappa shape index (κ3) is 3.88. The Hall–Kier alpha value is -3.84. The van der Waals surface area contributed by atoms with Crippen LogP contribution in [0.5, 0.6) is 11.5 Å². The third-order valence-corrected chi connectivity index (χ3v) is 6.97. The van der Waals surface area contributed by atoms with E-state index in [-0.39, 0.29) is 0 Å². The van der Waals surface area contributed by atoms with Gasteiger partial charge in [-0.15, -0.1) is 11.3 Å². The summed E-state index contributed by atoms with van der Waals surface area (Å²) in [5.74, 6) is 1.62. The summed E-state index contributed by atoms with van der Waals surface area (Å²) in [7, 11) is 3.37. The van der Waals surface area contributed by atoms with E-state index in [0.717, 1.165) is 66.6 Å². The zero-order valence-electron chi connectivity index (χ0n) is 19.8. The number of benzene rings is 2. The highest BCUT2D eigenvalue weighted by atomic mass is 32.1. The number of pyridine rings is 1. The van der Waals surface area contributed by atoms with E-state index in [4.69, 9.17) is 14.5 Å². The molecule has 0 bridgehead atoms. The summed E-state index contributed by atoms with van der Waals surface area (Å²) in [5.41, 5.74) is 7.78. The first-order chi connectivity index (χ1) is 16.5. The quantitative estimate of drug-likeness (QED) is 0.295. The SMILES string of the molecule is COc1cccc(-c2nc3c(Nc4ccc(-c5sc(C)nc5C)c(OC)c4)cccn3c2C)c1. The van der Waals surface area contributed by atoms with E-state index in [1.54, 1.807) is 25.6 Å². The molecule has 0 spiro atoms. The number of rotatable bonds is 6. The number of anilines is 2. The van der Waals surface area contributed by atoms with Crippen LogP contribution in [-0.2, 0) is 0 Å². The van der Waals surface area contributed by atoms with Gasteiger partial charge in [-0.2, -0.15) is 0 Å². The molecule has 3 heterocycles. The summed E-state index contributed by atoms with van der Waals surface area (Å²) in [6, 6.07) is 18.2. The molecule has 5 aromatic rings. The maximum atomic E-state index is 5.74. The number of ether oxygens (including phenoxy) is 2. The second kappa shape index (κ2) is 8.83. The normalized spacial score (nSPS) is 11.1. The highest BCUT2D eigenvalue weighted by Gasteiger charge is 2.16. The van der Waals surface area contributed by atoms with Gasteiger partial charge in [0.05, 0.1) is 41.2 Å². The molecule has 0 fully saturated rings. The van der Waals surface area contributed by atoms with E-state index in [1.165, 1.54) is 0 Å². The smallest absolute Gasteiger partial charge is 0.161 e. The molecule has 0 saturated carbocycles. The van der Waals surface area contributed by atoms with E-state index in [2.05, 4.69) is 39.8 Å². The van der Waals surface area contributed by atoms with Crippen molar-refractivity contribution >= 4 is 28.4 Å². The number of aryl methyl sites for hydroxylation is 3. The Morgan fingerprint density at radius 2 is 1.76 bits per heavy atom. The first-order valence-electron chi connectivity index (χ1n) is 11.0. The molecule has 0 aliphatic carbocycles. The lowest BCUT2D eigenvalue weighted by Gasteiger charge is -2.12. The van der Waals surface area contributed by atoms with Gasteiger partial charge in [0.15, 0.2) is 5.65 Å². The van der Waals surface area contributed by atoms with E-state index in [1.807, 2.05) is 56.4 Å². The molecule has 0 saturated heterocycles. The summed E-state index contributed by atoms with van der Waals surface area (Å²) >= 11 is 1.68. The van der Waals surface area contributed by atoms with Gasteiger partial charge in [0.1, 0.15) is 11.5 Å². The van der Waals surface area contributed by atoms with E-state index >= 15 is 0 Å². The maximum absolute atomic E-state index is 5.74. The molecule has 0 unspecified atom stereocenters. The van der Waals surface area contributed by atoms with Crippen LogP contribution in [0.3, 0.4) is 0 Å². The number of aromatic nitrogens is 3. The Bertz CT molecular complexity index is 1500. The van der Waals surface area contributed by atoms with Crippen molar-refractivity contribution in [3.63, 3.8) is 0 Å². The first-order valence-corrected chi connectivity index (χ1v) is 11.8. The van der Waals surface area contributed by atoms with Crippen LogP contribution in [-0.4, -0.2) is 28.6 Å². The van der Waals surface area contributed by atoms with E-state index in [0.29, 0.717) is 0 Å². The summed E-state index contributed by atoms with van der Waals surface area (Å²) < 4.78 is 13.2. The number of hydrogen-bond donors (Lipinski definition) is 1. The van der Waals surface area contributed by atoms with Gasteiger partial charge in [-0.25, -0.2) is 9.97 Å². The molecule has 2 aromatic carbocycles. The number of nitrogens with one attached hydrogen (secondary N) is 1. The minimum absolute atomic E-state index is 0.806. The van der Waals surface area contributed by atoms with Crippen LogP contribution in [0.4, 0.5) is 11.4 Å². The highest BCUT2D eigenvalue weighted by Crippen LogP contribution is 2.39.